The van der Waals surface area contributed by atoms with E-state index in [-0.39, 0.29) is 0 Å². The minimum absolute atomic E-state index is 0.454. The Bertz CT molecular complexity index is 346. The zero-order chi connectivity index (χ0) is 12.3. The van der Waals surface area contributed by atoms with Crippen LogP contribution >= 0.6 is 11.6 Å². The van der Waals surface area contributed by atoms with E-state index in [0.29, 0.717) is 11.2 Å². The molecule has 0 N–H and O–H groups in total. The highest BCUT2D eigenvalue weighted by Crippen LogP contribution is 2.15. The maximum Gasteiger partial charge on any atom is 0.147 e. The molecule has 1 aliphatic heterocycles. The van der Waals surface area contributed by atoms with Crippen LogP contribution in [0.5, 0.6) is 0 Å². The van der Waals surface area contributed by atoms with Gasteiger partial charge in [-0.15, -0.1) is 0 Å². The molecule has 4 nitrogen and oxygen atoms in total. The van der Waals surface area contributed by atoms with Crippen LogP contribution in [-0.4, -0.2) is 53.0 Å². The number of halogens is 1. The third-order valence-corrected chi connectivity index (χ3v) is 3.59. The average Bonchev–Trinajstić information content (AvgIpc) is 2.33. The van der Waals surface area contributed by atoms with Gasteiger partial charge in [0.2, 0.25) is 0 Å². The molecular weight excluding hydrogens is 236 g/mol. The van der Waals surface area contributed by atoms with Crippen LogP contribution in [0.15, 0.2) is 12.4 Å². The number of piperidine rings is 1. The molecule has 1 aliphatic rings. The molecule has 17 heavy (non-hydrogen) atoms. The van der Waals surface area contributed by atoms with Crippen molar-refractivity contribution in [2.75, 3.05) is 27.2 Å². The van der Waals surface area contributed by atoms with Crippen molar-refractivity contribution in [3.8, 4) is 0 Å². The summed E-state index contributed by atoms with van der Waals surface area (Å²) in [5.41, 5.74) is 0.982. The van der Waals surface area contributed by atoms with Crippen molar-refractivity contribution >= 4 is 11.6 Å². The van der Waals surface area contributed by atoms with Gasteiger partial charge in [0.15, 0.2) is 0 Å². The van der Waals surface area contributed by atoms with Crippen LogP contribution in [0.4, 0.5) is 0 Å². The summed E-state index contributed by atoms with van der Waals surface area (Å²) in [5, 5.41) is 0.454. The molecule has 2 rings (SSSR count). The molecule has 0 amide bonds. The first kappa shape index (κ1) is 12.7. The molecule has 5 heteroatoms. The Balaban J connectivity index is 1.88. The van der Waals surface area contributed by atoms with Crippen LogP contribution < -0.4 is 0 Å². The lowest BCUT2D eigenvalue weighted by molar-refractivity contribution is 0.138. The minimum Gasteiger partial charge on any atom is -0.306 e. The second-order valence-corrected chi connectivity index (χ2v) is 5.17. The molecule has 0 spiro atoms. The first-order valence-corrected chi connectivity index (χ1v) is 6.38. The predicted octanol–water partition coefficient (Wildman–Crippen LogP) is 1.66. The van der Waals surface area contributed by atoms with Crippen molar-refractivity contribution in [1.82, 2.24) is 19.8 Å². The minimum atomic E-state index is 0.454. The number of nitrogens with zero attached hydrogens (tertiary/aromatic N) is 4. The van der Waals surface area contributed by atoms with Crippen LogP contribution in [0.2, 0.25) is 5.15 Å². The van der Waals surface area contributed by atoms with Crippen molar-refractivity contribution in [2.45, 2.75) is 25.4 Å². The topological polar surface area (TPSA) is 32.3 Å². The van der Waals surface area contributed by atoms with Crippen molar-refractivity contribution in [1.29, 1.82) is 0 Å². The molecule has 1 aromatic rings. The number of likely N-dealkylation sites (tertiary alicyclic amines) is 1. The fourth-order valence-corrected chi connectivity index (χ4v) is 2.34. The smallest absolute Gasteiger partial charge is 0.147 e. The van der Waals surface area contributed by atoms with Gasteiger partial charge in [-0.1, -0.05) is 11.6 Å². The zero-order valence-electron chi connectivity index (χ0n) is 10.4. The molecule has 0 saturated carbocycles. The third-order valence-electron chi connectivity index (χ3n) is 3.40. The zero-order valence-corrected chi connectivity index (χ0v) is 11.2. The fraction of sp³-hybridized carbons (Fsp3) is 0.667. The van der Waals surface area contributed by atoms with E-state index in [0.717, 1.165) is 12.2 Å². The maximum atomic E-state index is 5.72. The lowest BCUT2D eigenvalue weighted by Crippen LogP contribution is -2.41. The standard InChI is InChI=1S/C12H19ClN4/c1-16-5-3-11(4-6-16)17(2)9-10-7-15-12(13)8-14-10/h7-8,11H,3-6,9H2,1-2H3. The SMILES string of the molecule is CN1CCC(N(C)Cc2cnc(Cl)cn2)CC1. The van der Waals surface area contributed by atoms with E-state index in [1.807, 2.05) is 0 Å². The molecule has 1 aromatic heterocycles. The van der Waals surface area contributed by atoms with Gasteiger partial charge in [0.05, 0.1) is 18.1 Å². The Labute approximate surface area is 108 Å². The van der Waals surface area contributed by atoms with Gasteiger partial charge < -0.3 is 4.90 Å². The first-order valence-electron chi connectivity index (χ1n) is 6.00. The molecule has 94 valence electrons. The number of hydrogen-bond acceptors (Lipinski definition) is 4. The Kier molecular flexibility index (Phi) is 4.31. The van der Waals surface area contributed by atoms with E-state index in [1.54, 1.807) is 12.4 Å². The van der Waals surface area contributed by atoms with Crippen LogP contribution in [0.1, 0.15) is 18.5 Å². The van der Waals surface area contributed by atoms with Crippen molar-refractivity contribution in [2.24, 2.45) is 0 Å². The van der Waals surface area contributed by atoms with Gasteiger partial charge in [0.25, 0.3) is 0 Å². The molecule has 1 saturated heterocycles. The van der Waals surface area contributed by atoms with Crippen molar-refractivity contribution in [3.63, 3.8) is 0 Å². The van der Waals surface area contributed by atoms with E-state index in [4.69, 9.17) is 11.6 Å². The quantitative estimate of drug-likeness (QED) is 0.821. The maximum absolute atomic E-state index is 5.72. The summed E-state index contributed by atoms with van der Waals surface area (Å²) in [7, 11) is 4.34. The second-order valence-electron chi connectivity index (χ2n) is 4.78. The molecule has 1 fully saturated rings. The second kappa shape index (κ2) is 5.76. The highest BCUT2D eigenvalue weighted by atomic mass is 35.5. The van der Waals surface area contributed by atoms with Gasteiger partial charge in [-0.05, 0) is 40.0 Å². The Hall–Kier alpha value is -0.710. The van der Waals surface area contributed by atoms with Crippen molar-refractivity contribution in [3.05, 3.63) is 23.2 Å². The summed E-state index contributed by atoms with van der Waals surface area (Å²) in [5.74, 6) is 0. The molecule has 0 aromatic carbocycles. The van der Waals surface area contributed by atoms with E-state index >= 15 is 0 Å². The molecular formula is C12H19ClN4. The molecule has 0 unspecified atom stereocenters. The van der Waals surface area contributed by atoms with Crippen LogP contribution in [0, 0.1) is 0 Å². The van der Waals surface area contributed by atoms with Gasteiger partial charge >= 0.3 is 0 Å². The molecule has 0 radical (unpaired) electrons. The first-order chi connectivity index (χ1) is 8.15. The largest absolute Gasteiger partial charge is 0.306 e. The Morgan fingerprint density at radius 3 is 2.65 bits per heavy atom. The highest BCUT2D eigenvalue weighted by Gasteiger charge is 2.20. The van der Waals surface area contributed by atoms with E-state index in [9.17, 15) is 0 Å². The summed E-state index contributed by atoms with van der Waals surface area (Å²) in [6, 6.07) is 0.656. The van der Waals surface area contributed by atoms with Crippen LogP contribution in [-0.2, 0) is 6.54 Å². The van der Waals surface area contributed by atoms with Gasteiger partial charge in [-0.2, -0.15) is 0 Å². The average molecular weight is 255 g/mol. The highest BCUT2D eigenvalue weighted by molar-refractivity contribution is 6.29. The fourth-order valence-electron chi connectivity index (χ4n) is 2.24. The molecule has 0 aliphatic carbocycles. The van der Waals surface area contributed by atoms with Gasteiger partial charge in [0.1, 0.15) is 5.15 Å². The predicted molar refractivity (Wildman–Crippen MR) is 69.0 cm³/mol. The lowest BCUT2D eigenvalue weighted by atomic mass is 10.0. The van der Waals surface area contributed by atoms with Gasteiger partial charge in [-0.25, -0.2) is 4.98 Å². The number of aromatic nitrogens is 2. The summed E-state index contributed by atoms with van der Waals surface area (Å²) < 4.78 is 0. The van der Waals surface area contributed by atoms with E-state index in [1.165, 1.54) is 25.9 Å². The van der Waals surface area contributed by atoms with Gasteiger partial charge in [0, 0.05) is 12.6 Å². The third kappa shape index (κ3) is 3.63. The Morgan fingerprint density at radius 2 is 2.06 bits per heavy atom. The summed E-state index contributed by atoms with van der Waals surface area (Å²) >= 11 is 5.72. The number of rotatable bonds is 3. The monoisotopic (exact) mass is 254 g/mol. The molecule has 0 bridgehead atoms. The molecule has 0 atom stereocenters. The summed E-state index contributed by atoms with van der Waals surface area (Å²) in [6.07, 6.45) is 5.83. The van der Waals surface area contributed by atoms with Gasteiger partial charge in [-0.3, -0.25) is 9.88 Å². The summed E-state index contributed by atoms with van der Waals surface area (Å²) in [4.78, 5) is 13.1. The van der Waals surface area contributed by atoms with Crippen LogP contribution in [0.25, 0.3) is 0 Å². The Morgan fingerprint density at radius 1 is 1.35 bits per heavy atom. The molecule has 2 heterocycles. The summed E-state index contributed by atoms with van der Waals surface area (Å²) in [6.45, 7) is 3.21. The van der Waals surface area contributed by atoms with Crippen LogP contribution in [0.3, 0.4) is 0 Å². The normalized spacial score (nSPS) is 18.8. The van der Waals surface area contributed by atoms with Crippen molar-refractivity contribution < 1.29 is 0 Å². The van der Waals surface area contributed by atoms with E-state index in [2.05, 4.69) is 33.9 Å². The van der Waals surface area contributed by atoms with E-state index < -0.39 is 0 Å². The number of hydrogen-bond donors (Lipinski definition) is 0. The lowest BCUT2D eigenvalue weighted by Gasteiger charge is -2.34.